The summed E-state index contributed by atoms with van der Waals surface area (Å²) in [5.41, 5.74) is 6.01. The molecule has 2 heterocycles. The molecule has 0 saturated heterocycles. The topological polar surface area (TPSA) is 74.7 Å². The summed E-state index contributed by atoms with van der Waals surface area (Å²) in [6, 6.07) is 6.20. The molecule has 2 aromatic heterocycles. The molecule has 0 saturated carbocycles. The molecule has 6 heteroatoms. The Labute approximate surface area is 102 Å². The predicted octanol–water partition coefficient (Wildman–Crippen LogP) is 2.58. The summed E-state index contributed by atoms with van der Waals surface area (Å²) in [4.78, 5) is 2.51. The van der Waals surface area contributed by atoms with E-state index in [2.05, 4.69) is 28.7 Å². The molecule has 0 unspecified atom stereocenters. The summed E-state index contributed by atoms with van der Waals surface area (Å²) < 4.78 is 3.94. The molecular weight excluding hydrogens is 240 g/mol. The zero-order valence-electron chi connectivity index (χ0n) is 8.65. The molecule has 0 aliphatic carbocycles. The molecule has 0 aromatic carbocycles. The molecule has 0 aliphatic heterocycles. The first-order valence-electron chi connectivity index (χ1n) is 4.65. The van der Waals surface area contributed by atoms with Gasteiger partial charge in [-0.05, 0) is 30.6 Å². The molecule has 16 heavy (non-hydrogen) atoms. The number of rotatable bonds is 3. The van der Waals surface area contributed by atoms with Gasteiger partial charge in [0.15, 0.2) is 5.82 Å². The summed E-state index contributed by atoms with van der Waals surface area (Å²) in [7, 11) is 0. The van der Waals surface area contributed by atoms with Crippen LogP contribution in [0.15, 0.2) is 12.1 Å². The van der Waals surface area contributed by atoms with Gasteiger partial charge in [0.1, 0.15) is 16.6 Å². The summed E-state index contributed by atoms with van der Waals surface area (Å²) in [5.74, 6) is 0.303. The van der Waals surface area contributed by atoms with Crippen LogP contribution in [0, 0.1) is 18.3 Å². The Morgan fingerprint density at radius 2 is 2.38 bits per heavy atom. The number of hydrogen-bond acceptors (Lipinski definition) is 6. The van der Waals surface area contributed by atoms with Gasteiger partial charge < -0.3 is 11.1 Å². The zero-order valence-corrected chi connectivity index (χ0v) is 10.3. The monoisotopic (exact) mass is 250 g/mol. The summed E-state index contributed by atoms with van der Waals surface area (Å²) in [6.45, 7) is 2.77. The van der Waals surface area contributed by atoms with E-state index in [1.54, 1.807) is 11.3 Å². The van der Waals surface area contributed by atoms with Crippen molar-refractivity contribution in [3.05, 3.63) is 27.5 Å². The summed E-state index contributed by atoms with van der Waals surface area (Å²) in [6.07, 6.45) is 0. The Hall–Kier alpha value is -1.58. The lowest BCUT2D eigenvalue weighted by molar-refractivity contribution is 1.20. The normalized spacial score (nSPS) is 10.0. The fourth-order valence-electron chi connectivity index (χ4n) is 1.28. The number of nitriles is 1. The quantitative estimate of drug-likeness (QED) is 0.878. The molecule has 0 fully saturated rings. The summed E-state index contributed by atoms with van der Waals surface area (Å²) >= 11 is 2.96. The molecule has 2 aromatic rings. The van der Waals surface area contributed by atoms with E-state index >= 15 is 0 Å². The standard InChI is InChI=1S/C10H10N4S2/c1-6-2-3-7(15-6)5-13-10-8(4-11)9(12)14-16-10/h2-3,13H,5H2,1H3,(H2,12,14). The van der Waals surface area contributed by atoms with E-state index in [0.717, 1.165) is 5.00 Å². The second-order valence-electron chi connectivity index (χ2n) is 3.25. The van der Waals surface area contributed by atoms with E-state index in [1.165, 1.54) is 21.3 Å². The third-order valence-corrected chi connectivity index (χ3v) is 3.87. The van der Waals surface area contributed by atoms with Gasteiger partial charge in [-0.3, -0.25) is 0 Å². The minimum atomic E-state index is 0.303. The van der Waals surface area contributed by atoms with Crippen molar-refractivity contribution in [3.63, 3.8) is 0 Å². The van der Waals surface area contributed by atoms with E-state index in [9.17, 15) is 0 Å². The minimum Gasteiger partial charge on any atom is -0.382 e. The Morgan fingerprint density at radius 1 is 1.56 bits per heavy atom. The largest absolute Gasteiger partial charge is 0.382 e. The first-order chi connectivity index (χ1) is 7.70. The third kappa shape index (κ3) is 2.15. The molecule has 0 aliphatic rings. The van der Waals surface area contributed by atoms with Crippen LogP contribution in [0.1, 0.15) is 15.3 Å². The zero-order chi connectivity index (χ0) is 11.5. The highest BCUT2D eigenvalue weighted by molar-refractivity contribution is 7.12. The molecule has 3 N–H and O–H groups in total. The Morgan fingerprint density at radius 3 is 3.00 bits per heavy atom. The number of nitrogen functional groups attached to an aromatic ring is 1. The van der Waals surface area contributed by atoms with E-state index in [1.807, 2.05) is 6.07 Å². The number of nitrogens with zero attached hydrogens (tertiary/aromatic N) is 2. The highest BCUT2D eigenvalue weighted by Gasteiger charge is 2.10. The van der Waals surface area contributed by atoms with Crippen molar-refractivity contribution in [1.29, 1.82) is 5.26 Å². The van der Waals surface area contributed by atoms with Gasteiger partial charge in [-0.2, -0.15) is 9.64 Å². The van der Waals surface area contributed by atoms with Crippen molar-refractivity contribution in [1.82, 2.24) is 4.37 Å². The lowest BCUT2D eigenvalue weighted by Crippen LogP contribution is -1.97. The van der Waals surface area contributed by atoms with Crippen LogP contribution in [0.2, 0.25) is 0 Å². The van der Waals surface area contributed by atoms with Crippen LogP contribution in [-0.4, -0.2) is 4.37 Å². The van der Waals surface area contributed by atoms with Gasteiger partial charge in [-0.15, -0.1) is 11.3 Å². The average Bonchev–Trinajstić information content (AvgIpc) is 2.82. The van der Waals surface area contributed by atoms with E-state index in [4.69, 9.17) is 11.0 Å². The lowest BCUT2D eigenvalue weighted by atomic mass is 10.3. The highest BCUT2D eigenvalue weighted by Crippen LogP contribution is 2.26. The molecule has 82 valence electrons. The minimum absolute atomic E-state index is 0.303. The van der Waals surface area contributed by atoms with Crippen molar-refractivity contribution in [2.45, 2.75) is 13.5 Å². The maximum absolute atomic E-state index is 8.89. The number of anilines is 2. The molecule has 4 nitrogen and oxygen atoms in total. The van der Waals surface area contributed by atoms with Gasteiger partial charge in [0, 0.05) is 9.75 Å². The predicted molar refractivity (Wildman–Crippen MR) is 67.6 cm³/mol. The second-order valence-corrected chi connectivity index (χ2v) is 5.40. The summed E-state index contributed by atoms with van der Waals surface area (Å²) in [5, 5.41) is 12.8. The van der Waals surface area contributed by atoms with Crippen LogP contribution in [0.5, 0.6) is 0 Å². The SMILES string of the molecule is Cc1ccc(CNc2snc(N)c2C#N)s1. The van der Waals surface area contributed by atoms with Gasteiger partial charge in [-0.25, -0.2) is 0 Å². The lowest BCUT2D eigenvalue weighted by Gasteiger charge is -2.00. The van der Waals surface area contributed by atoms with Gasteiger partial charge in [-0.1, -0.05) is 0 Å². The highest BCUT2D eigenvalue weighted by atomic mass is 32.1. The fourth-order valence-corrected chi connectivity index (χ4v) is 2.77. The van der Waals surface area contributed by atoms with Crippen LogP contribution in [0.25, 0.3) is 0 Å². The van der Waals surface area contributed by atoms with Crippen LogP contribution in [0.3, 0.4) is 0 Å². The van der Waals surface area contributed by atoms with Crippen molar-refractivity contribution >= 4 is 33.7 Å². The molecule has 2 rings (SSSR count). The average molecular weight is 250 g/mol. The Balaban J connectivity index is 2.08. The van der Waals surface area contributed by atoms with Crippen LogP contribution in [-0.2, 0) is 6.54 Å². The van der Waals surface area contributed by atoms with E-state index < -0.39 is 0 Å². The number of aryl methyl sites for hydroxylation is 1. The number of thiophene rings is 1. The first kappa shape index (κ1) is 10.9. The maximum Gasteiger partial charge on any atom is 0.157 e. The van der Waals surface area contributed by atoms with Crippen molar-refractivity contribution in [2.75, 3.05) is 11.1 Å². The van der Waals surface area contributed by atoms with Crippen LogP contribution in [0.4, 0.5) is 10.8 Å². The van der Waals surface area contributed by atoms with Gasteiger partial charge in [0.25, 0.3) is 0 Å². The fraction of sp³-hybridized carbons (Fsp3) is 0.200. The van der Waals surface area contributed by atoms with Crippen molar-refractivity contribution in [3.8, 4) is 6.07 Å². The number of hydrogen-bond donors (Lipinski definition) is 2. The van der Waals surface area contributed by atoms with Gasteiger partial charge in [0.05, 0.1) is 6.54 Å². The smallest absolute Gasteiger partial charge is 0.157 e. The first-order valence-corrected chi connectivity index (χ1v) is 6.24. The second kappa shape index (κ2) is 4.51. The molecule has 0 bridgehead atoms. The Bertz CT molecular complexity index is 535. The number of nitrogens with one attached hydrogen (secondary N) is 1. The van der Waals surface area contributed by atoms with Gasteiger partial charge in [0.2, 0.25) is 0 Å². The maximum atomic E-state index is 8.89. The molecule has 0 amide bonds. The Kier molecular flexibility index (Phi) is 3.08. The molecular formula is C10H10N4S2. The van der Waals surface area contributed by atoms with E-state index in [-0.39, 0.29) is 0 Å². The van der Waals surface area contributed by atoms with Crippen molar-refractivity contribution in [2.24, 2.45) is 0 Å². The molecule has 0 atom stereocenters. The number of aromatic nitrogens is 1. The third-order valence-electron chi connectivity index (χ3n) is 2.05. The van der Waals surface area contributed by atoms with Crippen LogP contribution < -0.4 is 11.1 Å². The van der Waals surface area contributed by atoms with E-state index in [0.29, 0.717) is 17.9 Å². The molecule has 0 radical (unpaired) electrons. The van der Waals surface area contributed by atoms with Crippen molar-refractivity contribution < 1.29 is 0 Å². The number of nitrogens with two attached hydrogens (primary N) is 1. The van der Waals surface area contributed by atoms with Crippen LogP contribution >= 0.6 is 22.9 Å². The van der Waals surface area contributed by atoms with Gasteiger partial charge >= 0.3 is 0 Å². The molecule has 0 spiro atoms.